The summed E-state index contributed by atoms with van der Waals surface area (Å²) < 4.78 is 15.4. The molecule has 1 saturated heterocycles. The van der Waals surface area contributed by atoms with E-state index in [1.54, 1.807) is 24.5 Å². The molecule has 0 aliphatic carbocycles. The van der Waals surface area contributed by atoms with Crippen molar-refractivity contribution in [3.05, 3.63) is 66.2 Å². The van der Waals surface area contributed by atoms with Gasteiger partial charge in [-0.25, -0.2) is 13.9 Å². The lowest BCUT2D eigenvalue weighted by Crippen LogP contribution is -2.44. The molecule has 0 atom stereocenters. The largest absolute Gasteiger partial charge is 0.353 e. The van der Waals surface area contributed by atoms with Crippen molar-refractivity contribution < 1.29 is 4.39 Å². The Balaban J connectivity index is 1.76. The normalized spacial score (nSPS) is 14.5. The van der Waals surface area contributed by atoms with Gasteiger partial charge in [-0.2, -0.15) is 0 Å². The second-order valence-corrected chi connectivity index (χ2v) is 7.21. The van der Waals surface area contributed by atoms with Crippen LogP contribution in [0.3, 0.4) is 0 Å². The maximum Gasteiger partial charge on any atom is 0.158 e. The topological polar surface area (TPSA) is 58.4 Å². The van der Waals surface area contributed by atoms with Crippen LogP contribution in [0, 0.1) is 12.7 Å². The Morgan fingerprint density at radius 1 is 0.966 bits per heavy atom. The first-order valence-electron chi connectivity index (χ1n) is 9.73. The van der Waals surface area contributed by atoms with Gasteiger partial charge in [-0.3, -0.25) is 4.98 Å². The molecule has 5 rings (SSSR count). The van der Waals surface area contributed by atoms with Gasteiger partial charge in [0.25, 0.3) is 0 Å². The Bertz CT molecular complexity index is 1150. The molecule has 29 heavy (non-hydrogen) atoms. The van der Waals surface area contributed by atoms with Crippen LogP contribution < -0.4 is 10.2 Å². The molecular weight excluding hydrogens is 367 g/mol. The van der Waals surface area contributed by atoms with Crippen LogP contribution in [0.25, 0.3) is 28.2 Å². The number of halogens is 1. The summed E-state index contributed by atoms with van der Waals surface area (Å²) in [5.74, 6) is 0.674. The average Bonchev–Trinajstić information content (AvgIpc) is 3.15. The zero-order valence-corrected chi connectivity index (χ0v) is 16.1. The van der Waals surface area contributed by atoms with Crippen LogP contribution in [0.1, 0.15) is 5.56 Å². The number of nitrogens with zero attached hydrogens (tertiary/aromatic N) is 5. The predicted molar refractivity (Wildman–Crippen MR) is 111 cm³/mol. The second kappa shape index (κ2) is 7.25. The lowest BCUT2D eigenvalue weighted by Gasteiger charge is -2.28. The zero-order chi connectivity index (χ0) is 19.8. The molecule has 1 aromatic carbocycles. The number of fused-ring (bicyclic) bond motifs is 1. The number of benzene rings is 1. The molecule has 1 fully saturated rings. The van der Waals surface area contributed by atoms with E-state index >= 15 is 0 Å². The fourth-order valence-electron chi connectivity index (χ4n) is 3.78. The molecule has 0 unspecified atom stereocenters. The number of pyridine rings is 1. The summed E-state index contributed by atoms with van der Waals surface area (Å²) in [5.41, 5.74) is 5.34. The quantitative estimate of drug-likeness (QED) is 0.584. The van der Waals surface area contributed by atoms with Crippen LogP contribution in [0.15, 0.2) is 54.9 Å². The molecule has 0 saturated carbocycles. The number of imidazole rings is 1. The fraction of sp³-hybridized carbons (Fsp3) is 0.227. The Kier molecular flexibility index (Phi) is 4.44. The molecule has 1 aliphatic rings. The minimum atomic E-state index is -0.265. The summed E-state index contributed by atoms with van der Waals surface area (Å²) in [6.45, 7) is 5.78. The second-order valence-electron chi connectivity index (χ2n) is 7.21. The first kappa shape index (κ1) is 17.8. The molecule has 7 heteroatoms. The molecule has 0 radical (unpaired) electrons. The van der Waals surface area contributed by atoms with E-state index in [1.807, 2.05) is 16.6 Å². The van der Waals surface area contributed by atoms with Gasteiger partial charge in [0.15, 0.2) is 5.65 Å². The van der Waals surface area contributed by atoms with E-state index in [1.165, 1.54) is 12.1 Å². The minimum Gasteiger partial charge on any atom is -0.353 e. The molecule has 4 heterocycles. The van der Waals surface area contributed by atoms with Crippen molar-refractivity contribution in [2.45, 2.75) is 6.92 Å². The summed E-state index contributed by atoms with van der Waals surface area (Å²) in [4.78, 5) is 11.3. The highest BCUT2D eigenvalue weighted by Crippen LogP contribution is 2.33. The van der Waals surface area contributed by atoms with E-state index in [2.05, 4.69) is 28.2 Å². The van der Waals surface area contributed by atoms with Gasteiger partial charge in [0.2, 0.25) is 0 Å². The SMILES string of the molecule is Cc1cc(N2CCNCC2)nn2c(-c3ccncc3)c(-c3ccc(F)cc3)nc12. The standard InChI is InChI=1S/C22H21FN6/c1-15-14-19(28-12-10-25-11-13-28)27-29-21(17-6-8-24-9-7-17)20(26-22(15)29)16-2-4-18(23)5-3-16/h2-9,14,25H,10-13H2,1H3. The number of anilines is 1. The van der Waals surface area contributed by atoms with Gasteiger partial charge in [0.05, 0.1) is 5.69 Å². The lowest BCUT2D eigenvalue weighted by molar-refractivity contribution is 0.581. The third-order valence-electron chi connectivity index (χ3n) is 5.27. The van der Waals surface area contributed by atoms with Gasteiger partial charge in [0.1, 0.15) is 17.3 Å². The number of nitrogens with one attached hydrogen (secondary N) is 1. The Hall–Kier alpha value is -3.32. The molecule has 0 amide bonds. The molecule has 6 nitrogen and oxygen atoms in total. The zero-order valence-electron chi connectivity index (χ0n) is 16.1. The van der Waals surface area contributed by atoms with Crippen LogP contribution in [-0.2, 0) is 0 Å². The van der Waals surface area contributed by atoms with Crippen molar-refractivity contribution in [3.8, 4) is 22.5 Å². The molecule has 0 spiro atoms. The van der Waals surface area contributed by atoms with Crippen molar-refractivity contribution in [3.63, 3.8) is 0 Å². The molecule has 1 N–H and O–H groups in total. The van der Waals surface area contributed by atoms with Crippen molar-refractivity contribution in [1.29, 1.82) is 0 Å². The third kappa shape index (κ3) is 3.23. The van der Waals surface area contributed by atoms with E-state index in [4.69, 9.17) is 10.1 Å². The van der Waals surface area contributed by atoms with Gasteiger partial charge < -0.3 is 10.2 Å². The number of hydrogen-bond donors (Lipinski definition) is 1. The van der Waals surface area contributed by atoms with E-state index in [0.29, 0.717) is 0 Å². The Labute approximate surface area is 168 Å². The summed E-state index contributed by atoms with van der Waals surface area (Å²) >= 11 is 0. The Morgan fingerprint density at radius 2 is 1.69 bits per heavy atom. The van der Waals surface area contributed by atoms with Gasteiger partial charge in [-0.05, 0) is 55.0 Å². The highest BCUT2D eigenvalue weighted by Gasteiger charge is 2.21. The van der Waals surface area contributed by atoms with Crippen molar-refractivity contribution in [2.75, 3.05) is 31.1 Å². The molecular formula is C22H21FN6. The van der Waals surface area contributed by atoms with Crippen LogP contribution in [0.4, 0.5) is 10.2 Å². The maximum absolute atomic E-state index is 13.5. The van der Waals surface area contributed by atoms with Crippen molar-refractivity contribution in [1.82, 2.24) is 24.9 Å². The monoisotopic (exact) mass is 388 g/mol. The van der Waals surface area contributed by atoms with E-state index in [9.17, 15) is 4.39 Å². The van der Waals surface area contributed by atoms with Crippen LogP contribution in [-0.4, -0.2) is 45.8 Å². The smallest absolute Gasteiger partial charge is 0.158 e. The van der Waals surface area contributed by atoms with Gasteiger partial charge in [-0.15, -0.1) is 5.10 Å². The lowest BCUT2D eigenvalue weighted by atomic mass is 10.1. The first-order valence-corrected chi connectivity index (χ1v) is 9.73. The molecule has 1 aliphatic heterocycles. The van der Waals surface area contributed by atoms with Crippen molar-refractivity contribution in [2.24, 2.45) is 0 Å². The van der Waals surface area contributed by atoms with E-state index in [0.717, 1.165) is 65.7 Å². The van der Waals surface area contributed by atoms with Crippen molar-refractivity contribution >= 4 is 11.5 Å². The molecule has 3 aromatic heterocycles. The average molecular weight is 388 g/mol. The number of rotatable bonds is 3. The fourth-order valence-corrected chi connectivity index (χ4v) is 3.78. The minimum absolute atomic E-state index is 0.265. The van der Waals surface area contributed by atoms with Crippen LogP contribution >= 0.6 is 0 Å². The molecule has 146 valence electrons. The molecule has 4 aromatic rings. The van der Waals surface area contributed by atoms with Gasteiger partial charge >= 0.3 is 0 Å². The highest BCUT2D eigenvalue weighted by atomic mass is 19.1. The number of piperazine rings is 1. The van der Waals surface area contributed by atoms with Gasteiger partial charge in [-0.1, -0.05) is 0 Å². The predicted octanol–water partition coefficient (Wildman–Crippen LogP) is 3.32. The molecule has 0 bridgehead atoms. The summed E-state index contributed by atoms with van der Waals surface area (Å²) in [6, 6.07) is 12.4. The summed E-state index contributed by atoms with van der Waals surface area (Å²) in [6.07, 6.45) is 3.52. The maximum atomic E-state index is 13.5. The number of aromatic nitrogens is 4. The van der Waals surface area contributed by atoms with E-state index in [-0.39, 0.29) is 5.82 Å². The first-order chi connectivity index (χ1) is 14.2. The van der Waals surface area contributed by atoms with Crippen LogP contribution in [0.2, 0.25) is 0 Å². The summed E-state index contributed by atoms with van der Waals surface area (Å²) in [5, 5.41) is 8.34. The summed E-state index contributed by atoms with van der Waals surface area (Å²) in [7, 11) is 0. The van der Waals surface area contributed by atoms with Gasteiger partial charge in [0, 0.05) is 49.7 Å². The van der Waals surface area contributed by atoms with Crippen LogP contribution in [0.5, 0.6) is 0 Å². The Morgan fingerprint density at radius 3 is 2.41 bits per heavy atom. The number of hydrogen-bond acceptors (Lipinski definition) is 5. The highest BCUT2D eigenvalue weighted by molar-refractivity contribution is 5.82. The third-order valence-corrected chi connectivity index (χ3v) is 5.27. The number of aryl methyl sites for hydroxylation is 1. The van der Waals surface area contributed by atoms with E-state index < -0.39 is 0 Å².